The lowest BCUT2D eigenvalue weighted by Crippen LogP contribution is -2.52. The summed E-state index contributed by atoms with van der Waals surface area (Å²) >= 11 is 6.21. The summed E-state index contributed by atoms with van der Waals surface area (Å²) < 4.78 is 0. The van der Waals surface area contributed by atoms with Gasteiger partial charge in [0.15, 0.2) is 0 Å². The first-order chi connectivity index (χ1) is 11.6. The van der Waals surface area contributed by atoms with Gasteiger partial charge in [0.25, 0.3) is 0 Å². The van der Waals surface area contributed by atoms with E-state index < -0.39 is 6.04 Å². The molecule has 24 heavy (non-hydrogen) atoms. The molecule has 2 atom stereocenters. The molecule has 1 aromatic carbocycles. The second kappa shape index (κ2) is 7.99. The Labute approximate surface area is 147 Å². The quantitative estimate of drug-likeness (QED) is 0.857. The lowest BCUT2D eigenvalue weighted by Gasteiger charge is -2.33. The van der Waals surface area contributed by atoms with Gasteiger partial charge in [0.1, 0.15) is 6.04 Å². The van der Waals surface area contributed by atoms with Crippen LogP contribution in [-0.4, -0.2) is 37.5 Å². The van der Waals surface area contributed by atoms with Crippen LogP contribution in [0.15, 0.2) is 24.3 Å². The molecule has 2 amide bonds. The molecule has 1 aromatic rings. The van der Waals surface area contributed by atoms with Crippen LogP contribution in [-0.2, 0) is 9.59 Å². The van der Waals surface area contributed by atoms with Crippen molar-refractivity contribution in [1.82, 2.24) is 10.6 Å². The second-order valence-corrected chi connectivity index (χ2v) is 7.01. The molecule has 0 radical (unpaired) electrons. The Morgan fingerprint density at radius 1 is 1.33 bits per heavy atom. The van der Waals surface area contributed by atoms with E-state index in [1.54, 1.807) is 11.0 Å². The van der Waals surface area contributed by atoms with E-state index in [0.29, 0.717) is 30.3 Å². The highest BCUT2D eigenvalue weighted by atomic mass is 35.5. The van der Waals surface area contributed by atoms with Crippen molar-refractivity contribution in [1.29, 1.82) is 0 Å². The third-order valence-corrected chi connectivity index (χ3v) is 5.18. The zero-order valence-corrected chi connectivity index (χ0v) is 14.5. The molecule has 6 heteroatoms. The molecule has 2 N–H and O–H groups in total. The zero-order chi connectivity index (χ0) is 16.9. The molecule has 130 valence electrons. The predicted molar refractivity (Wildman–Crippen MR) is 95.2 cm³/mol. The maximum absolute atomic E-state index is 12.7. The summed E-state index contributed by atoms with van der Waals surface area (Å²) in [4.78, 5) is 26.6. The number of anilines is 1. The summed E-state index contributed by atoms with van der Waals surface area (Å²) in [5, 5.41) is 6.79. The first kappa shape index (κ1) is 17.2. The van der Waals surface area contributed by atoms with Crippen molar-refractivity contribution in [2.75, 3.05) is 24.5 Å². The van der Waals surface area contributed by atoms with Crippen LogP contribution in [0.3, 0.4) is 0 Å². The Hall–Kier alpha value is -1.59. The highest BCUT2D eigenvalue weighted by Gasteiger charge is 2.31. The monoisotopic (exact) mass is 349 g/mol. The Morgan fingerprint density at radius 2 is 2.17 bits per heavy atom. The van der Waals surface area contributed by atoms with Crippen LogP contribution in [0.5, 0.6) is 0 Å². The number of rotatable bonds is 5. The molecule has 0 saturated carbocycles. The molecular formula is C18H24ClN3O2. The summed E-state index contributed by atoms with van der Waals surface area (Å²) in [6, 6.07) is 6.90. The van der Waals surface area contributed by atoms with E-state index in [1.165, 1.54) is 0 Å². The number of carbonyl (C=O) groups excluding carboxylic acids is 2. The molecule has 2 aliphatic heterocycles. The molecule has 0 aromatic heterocycles. The number of carbonyl (C=O) groups is 2. The van der Waals surface area contributed by atoms with Gasteiger partial charge >= 0.3 is 0 Å². The molecule has 2 unspecified atom stereocenters. The molecule has 2 saturated heterocycles. The minimum absolute atomic E-state index is 0.0266. The molecular weight excluding hydrogens is 326 g/mol. The maximum atomic E-state index is 12.7. The summed E-state index contributed by atoms with van der Waals surface area (Å²) in [5.41, 5.74) is 0.722. The SMILES string of the molecule is O=C(CCC1CCNC1)NC1CCCN(c2ccccc2Cl)C1=O. The fraction of sp³-hybridized carbons (Fsp3) is 0.556. The molecule has 0 bridgehead atoms. The van der Waals surface area contributed by atoms with Crippen molar-refractivity contribution in [2.45, 2.75) is 38.1 Å². The molecule has 0 aliphatic carbocycles. The van der Waals surface area contributed by atoms with E-state index >= 15 is 0 Å². The Bertz CT molecular complexity index is 602. The number of hydrogen-bond acceptors (Lipinski definition) is 3. The van der Waals surface area contributed by atoms with Gasteiger partial charge in [-0.05, 0) is 56.8 Å². The number of piperidine rings is 1. The number of para-hydroxylation sites is 1. The molecule has 3 rings (SSSR count). The summed E-state index contributed by atoms with van der Waals surface area (Å²) in [6.07, 6.45) is 4.05. The largest absolute Gasteiger partial charge is 0.344 e. The summed E-state index contributed by atoms with van der Waals surface area (Å²) in [5.74, 6) is 0.490. The minimum Gasteiger partial charge on any atom is -0.344 e. The van der Waals surface area contributed by atoms with Crippen molar-refractivity contribution < 1.29 is 9.59 Å². The van der Waals surface area contributed by atoms with Gasteiger partial charge in [0, 0.05) is 13.0 Å². The minimum atomic E-state index is -0.441. The topological polar surface area (TPSA) is 61.4 Å². The Morgan fingerprint density at radius 3 is 2.92 bits per heavy atom. The van der Waals surface area contributed by atoms with E-state index in [0.717, 1.165) is 38.0 Å². The van der Waals surface area contributed by atoms with Crippen LogP contribution in [0.1, 0.15) is 32.1 Å². The third-order valence-electron chi connectivity index (χ3n) is 4.86. The van der Waals surface area contributed by atoms with Gasteiger partial charge in [-0.15, -0.1) is 0 Å². The van der Waals surface area contributed by atoms with Gasteiger partial charge in [0.05, 0.1) is 10.7 Å². The molecule has 0 spiro atoms. The average Bonchev–Trinajstić information content (AvgIpc) is 3.09. The predicted octanol–water partition coefficient (Wildman–Crippen LogP) is 2.34. The maximum Gasteiger partial charge on any atom is 0.249 e. The van der Waals surface area contributed by atoms with Crippen molar-refractivity contribution in [3.63, 3.8) is 0 Å². The van der Waals surface area contributed by atoms with Crippen molar-refractivity contribution >= 4 is 29.1 Å². The van der Waals surface area contributed by atoms with Gasteiger partial charge in [0.2, 0.25) is 11.8 Å². The molecule has 2 heterocycles. The summed E-state index contributed by atoms with van der Waals surface area (Å²) in [6.45, 7) is 2.68. The van der Waals surface area contributed by atoms with Gasteiger partial charge in [-0.2, -0.15) is 0 Å². The number of amides is 2. The van der Waals surface area contributed by atoms with Crippen molar-refractivity contribution in [3.8, 4) is 0 Å². The first-order valence-corrected chi connectivity index (χ1v) is 9.09. The lowest BCUT2D eigenvalue weighted by molar-refractivity contribution is -0.128. The lowest BCUT2D eigenvalue weighted by atomic mass is 10.0. The van der Waals surface area contributed by atoms with Gasteiger partial charge < -0.3 is 15.5 Å². The standard InChI is InChI=1S/C18H24ClN3O2/c19-14-4-1-2-6-16(14)22-11-3-5-15(18(22)24)21-17(23)8-7-13-9-10-20-12-13/h1-2,4,6,13,15,20H,3,5,7-12H2,(H,21,23). The normalized spacial score (nSPS) is 24.2. The number of benzene rings is 1. The Kier molecular flexibility index (Phi) is 5.74. The van der Waals surface area contributed by atoms with E-state index in [1.807, 2.05) is 18.2 Å². The second-order valence-electron chi connectivity index (χ2n) is 6.60. The smallest absolute Gasteiger partial charge is 0.249 e. The number of halogens is 1. The van der Waals surface area contributed by atoms with Crippen LogP contribution in [0.2, 0.25) is 5.02 Å². The highest BCUT2D eigenvalue weighted by Crippen LogP contribution is 2.28. The van der Waals surface area contributed by atoms with E-state index in [2.05, 4.69) is 10.6 Å². The fourth-order valence-electron chi connectivity index (χ4n) is 3.48. The van der Waals surface area contributed by atoms with E-state index in [4.69, 9.17) is 11.6 Å². The summed E-state index contributed by atoms with van der Waals surface area (Å²) in [7, 11) is 0. The van der Waals surface area contributed by atoms with Gasteiger partial charge in [-0.3, -0.25) is 9.59 Å². The molecule has 2 aliphatic rings. The van der Waals surface area contributed by atoms with E-state index in [9.17, 15) is 9.59 Å². The van der Waals surface area contributed by atoms with Crippen molar-refractivity contribution in [3.05, 3.63) is 29.3 Å². The van der Waals surface area contributed by atoms with Crippen LogP contribution in [0.25, 0.3) is 0 Å². The van der Waals surface area contributed by atoms with Crippen LogP contribution in [0.4, 0.5) is 5.69 Å². The fourth-order valence-corrected chi connectivity index (χ4v) is 3.72. The number of nitrogens with zero attached hydrogens (tertiary/aromatic N) is 1. The average molecular weight is 350 g/mol. The molecule has 5 nitrogen and oxygen atoms in total. The van der Waals surface area contributed by atoms with Gasteiger partial charge in [-0.25, -0.2) is 0 Å². The Balaban J connectivity index is 1.56. The first-order valence-electron chi connectivity index (χ1n) is 8.71. The van der Waals surface area contributed by atoms with Crippen molar-refractivity contribution in [2.24, 2.45) is 5.92 Å². The van der Waals surface area contributed by atoms with E-state index in [-0.39, 0.29) is 11.8 Å². The zero-order valence-electron chi connectivity index (χ0n) is 13.8. The van der Waals surface area contributed by atoms with Crippen LogP contribution < -0.4 is 15.5 Å². The number of hydrogen-bond donors (Lipinski definition) is 2. The third kappa shape index (κ3) is 4.08. The molecule has 2 fully saturated rings. The highest BCUT2D eigenvalue weighted by molar-refractivity contribution is 6.33. The number of nitrogens with one attached hydrogen (secondary N) is 2. The van der Waals surface area contributed by atoms with Crippen LogP contribution >= 0.6 is 11.6 Å². The van der Waals surface area contributed by atoms with Crippen LogP contribution in [0, 0.1) is 5.92 Å². The van der Waals surface area contributed by atoms with Gasteiger partial charge in [-0.1, -0.05) is 23.7 Å².